The zero-order valence-corrected chi connectivity index (χ0v) is 17.1. The zero-order valence-electron chi connectivity index (χ0n) is 17.1. The third-order valence-corrected chi connectivity index (χ3v) is 6.46. The van der Waals surface area contributed by atoms with E-state index in [2.05, 4.69) is 26.1 Å². The minimum atomic E-state index is 0.227. The van der Waals surface area contributed by atoms with Gasteiger partial charge in [-0.05, 0) is 38.3 Å². The third kappa shape index (κ3) is 4.67. The van der Waals surface area contributed by atoms with E-state index in [0.717, 1.165) is 50.7 Å². The molecule has 0 radical (unpaired) electrons. The van der Waals surface area contributed by atoms with Crippen molar-refractivity contribution in [2.75, 3.05) is 26.2 Å². The number of rotatable bonds is 7. The number of aromatic amines is 1. The van der Waals surface area contributed by atoms with Crippen LogP contribution in [0.4, 0.5) is 0 Å². The van der Waals surface area contributed by atoms with E-state index in [9.17, 15) is 5.11 Å². The molecule has 2 fully saturated rings. The van der Waals surface area contributed by atoms with Crippen LogP contribution < -0.4 is 0 Å². The molecule has 1 saturated heterocycles. The Hall–Kier alpha value is -1.63. The molecule has 2 aromatic rings. The number of hydrogen-bond donors (Lipinski definition) is 2. The molecule has 0 aromatic carbocycles. The number of piperazine rings is 1. The van der Waals surface area contributed by atoms with Crippen molar-refractivity contribution in [3.63, 3.8) is 0 Å². The van der Waals surface area contributed by atoms with E-state index in [1.807, 2.05) is 19.2 Å². The van der Waals surface area contributed by atoms with Gasteiger partial charge in [0, 0.05) is 56.0 Å². The van der Waals surface area contributed by atoms with Gasteiger partial charge < -0.3 is 9.52 Å². The first-order chi connectivity index (χ1) is 13.7. The van der Waals surface area contributed by atoms with Crippen LogP contribution in [0.2, 0.25) is 0 Å². The third-order valence-electron chi connectivity index (χ3n) is 6.46. The van der Waals surface area contributed by atoms with Crippen molar-refractivity contribution in [1.82, 2.24) is 20.0 Å². The van der Waals surface area contributed by atoms with Gasteiger partial charge in [-0.3, -0.25) is 14.9 Å². The van der Waals surface area contributed by atoms with Gasteiger partial charge in [-0.25, -0.2) is 0 Å². The van der Waals surface area contributed by atoms with Crippen molar-refractivity contribution in [1.29, 1.82) is 0 Å². The number of aliphatic hydroxyl groups is 1. The fourth-order valence-electron chi connectivity index (χ4n) is 4.93. The van der Waals surface area contributed by atoms with Gasteiger partial charge in [0.15, 0.2) is 0 Å². The van der Waals surface area contributed by atoms with Gasteiger partial charge in [0.2, 0.25) is 0 Å². The molecule has 0 spiro atoms. The molecule has 0 bridgehead atoms. The summed E-state index contributed by atoms with van der Waals surface area (Å²) in [6, 6.07) is 4.45. The molecule has 0 amide bonds. The number of H-pyrrole nitrogens is 1. The Kier molecular flexibility index (Phi) is 6.50. The fourth-order valence-corrected chi connectivity index (χ4v) is 4.93. The van der Waals surface area contributed by atoms with E-state index in [1.165, 1.54) is 43.4 Å². The van der Waals surface area contributed by atoms with Crippen LogP contribution in [-0.2, 0) is 13.1 Å². The van der Waals surface area contributed by atoms with E-state index >= 15 is 0 Å². The molecule has 154 valence electrons. The predicted molar refractivity (Wildman–Crippen MR) is 109 cm³/mol. The lowest BCUT2D eigenvalue weighted by molar-refractivity contribution is 0.0452. The number of nitrogens with zero attached hydrogens (tertiary/aromatic N) is 3. The van der Waals surface area contributed by atoms with Crippen LogP contribution in [0.5, 0.6) is 0 Å². The maximum Gasteiger partial charge on any atom is 0.118 e. The minimum Gasteiger partial charge on any atom is -0.465 e. The Morgan fingerprint density at radius 1 is 1.18 bits per heavy atom. The van der Waals surface area contributed by atoms with Crippen LogP contribution in [-0.4, -0.2) is 57.4 Å². The Balaban J connectivity index is 1.38. The average Bonchev–Trinajstić information content (AvgIpc) is 3.33. The van der Waals surface area contributed by atoms with Crippen LogP contribution in [0.1, 0.15) is 67.2 Å². The quantitative estimate of drug-likeness (QED) is 0.763. The molecule has 2 aromatic heterocycles. The van der Waals surface area contributed by atoms with E-state index in [-0.39, 0.29) is 6.61 Å². The van der Waals surface area contributed by atoms with E-state index < -0.39 is 0 Å². The Bertz CT molecular complexity index is 734. The lowest BCUT2D eigenvalue weighted by Crippen LogP contribution is -2.52. The summed E-state index contributed by atoms with van der Waals surface area (Å²) in [4.78, 5) is 4.99. The van der Waals surface area contributed by atoms with Gasteiger partial charge >= 0.3 is 0 Å². The summed E-state index contributed by atoms with van der Waals surface area (Å²) in [6.45, 7) is 7.02. The average molecular weight is 387 g/mol. The zero-order chi connectivity index (χ0) is 19.3. The molecule has 2 aliphatic rings. The molecule has 1 atom stereocenters. The van der Waals surface area contributed by atoms with Crippen molar-refractivity contribution in [2.24, 2.45) is 0 Å². The lowest BCUT2D eigenvalue weighted by atomic mass is 9.85. The van der Waals surface area contributed by atoms with Gasteiger partial charge in [-0.15, -0.1) is 0 Å². The Morgan fingerprint density at radius 2 is 2.04 bits per heavy atom. The maximum atomic E-state index is 9.58. The summed E-state index contributed by atoms with van der Waals surface area (Å²) in [5.74, 6) is 2.63. The molecule has 3 heterocycles. The predicted octanol–water partition coefficient (Wildman–Crippen LogP) is 3.43. The number of nitrogens with one attached hydrogen (secondary N) is 1. The van der Waals surface area contributed by atoms with Gasteiger partial charge in [0.05, 0.1) is 12.7 Å². The van der Waals surface area contributed by atoms with Gasteiger partial charge in [0.1, 0.15) is 11.5 Å². The monoisotopic (exact) mass is 386 g/mol. The molecule has 1 saturated carbocycles. The molecular formula is C22H34N4O2. The number of hydrogen-bond acceptors (Lipinski definition) is 5. The smallest absolute Gasteiger partial charge is 0.118 e. The molecule has 1 aliphatic carbocycles. The highest BCUT2D eigenvalue weighted by Crippen LogP contribution is 2.33. The molecule has 28 heavy (non-hydrogen) atoms. The highest BCUT2D eigenvalue weighted by molar-refractivity contribution is 5.21. The van der Waals surface area contributed by atoms with Crippen LogP contribution in [0.25, 0.3) is 0 Å². The molecular weight excluding hydrogens is 352 g/mol. The normalized spacial score (nSPS) is 22.7. The lowest BCUT2D eigenvalue weighted by Gasteiger charge is -2.41. The summed E-state index contributed by atoms with van der Waals surface area (Å²) in [5, 5.41) is 17.3. The number of furan rings is 1. The highest BCUT2D eigenvalue weighted by Gasteiger charge is 2.29. The largest absolute Gasteiger partial charge is 0.465 e. The molecule has 6 heteroatoms. The first-order valence-electron chi connectivity index (χ1n) is 10.9. The standard InChI is InChI=1S/C22H34N4O2/c1-17-7-8-21(28-17)16-26-11-10-25(15-20(26)9-12-27)14-19-13-23-24-22(19)18-5-3-2-4-6-18/h7-8,13,18,20,27H,2-6,9-12,14-16H2,1H3,(H,23,24)/t20-/m0/s1. The maximum absolute atomic E-state index is 9.58. The first kappa shape index (κ1) is 19.7. The molecule has 4 rings (SSSR count). The summed E-state index contributed by atoms with van der Waals surface area (Å²) < 4.78 is 5.78. The molecule has 0 unspecified atom stereocenters. The Morgan fingerprint density at radius 3 is 2.79 bits per heavy atom. The second kappa shape index (κ2) is 9.25. The van der Waals surface area contributed by atoms with E-state index in [1.54, 1.807) is 0 Å². The number of aromatic nitrogens is 2. The molecule has 6 nitrogen and oxygen atoms in total. The van der Waals surface area contributed by atoms with Crippen LogP contribution in [0, 0.1) is 6.92 Å². The first-order valence-corrected chi connectivity index (χ1v) is 10.9. The van der Waals surface area contributed by atoms with Crippen molar-refractivity contribution in [3.05, 3.63) is 41.1 Å². The van der Waals surface area contributed by atoms with Gasteiger partial charge in [-0.1, -0.05) is 19.3 Å². The SMILES string of the molecule is Cc1ccc(CN2CCN(Cc3cn[nH]c3C3CCCCC3)C[C@@H]2CCO)o1. The van der Waals surface area contributed by atoms with Gasteiger partial charge in [0.25, 0.3) is 0 Å². The van der Waals surface area contributed by atoms with E-state index in [4.69, 9.17) is 4.42 Å². The summed E-state index contributed by atoms with van der Waals surface area (Å²) in [7, 11) is 0. The second-order valence-corrected chi connectivity index (χ2v) is 8.53. The highest BCUT2D eigenvalue weighted by atomic mass is 16.3. The molecule has 1 aliphatic heterocycles. The van der Waals surface area contributed by atoms with Gasteiger partial charge in [-0.2, -0.15) is 5.10 Å². The Labute approximate surface area is 167 Å². The fraction of sp³-hybridized carbons (Fsp3) is 0.682. The van der Waals surface area contributed by atoms with Crippen molar-refractivity contribution < 1.29 is 9.52 Å². The summed E-state index contributed by atoms with van der Waals surface area (Å²) >= 11 is 0. The van der Waals surface area contributed by atoms with Crippen LogP contribution >= 0.6 is 0 Å². The number of aryl methyl sites for hydroxylation is 1. The summed E-state index contributed by atoms with van der Waals surface area (Å²) in [6.07, 6.45) is 9.47. The summed E-state index contributed by atoms with van der Waals surface area (Å²) in [5.41, 5.74) is 2.73. The van der Waals surface area contributed by atoms with Crippen molar-refractivity contribution >= 4 is 0 Å². The van der Waals surface area contributed by atoms with Crippen molar-refractivity contribution in [2.45, 2.75) is 70.5 Å². The molecule has 2 N–H and O–H groups in total. The topological polar surface area (TPSA) is 68.5 Å². The van der Waals surface area contributed by atoms with Crippen LogP contribution in [0.15, 0.2) is 22.7 Å². The number of aliphatic hydroxyl groups excluding tert-OH is 1. The second-order valence-electron chi connectivity index (χ2n) is 8.53. The van der Waals surface area contributed by atoms with E-state index in [0.29, 0.717) is 12.0 Å². The van der Waals surface area contributed by atoms with Crippen LogP contribution in [0.3, 0.4) is 0 Å². The van der Waals surface area contributed by atoms with Crippen molar-refractivity contribution in [3.8, 4) is 0 Å². The minimum absolute atomic E-state index is 0.227.